The Hall–Kier alpha value is -0.275. The van der Waals surface area contributed by atoms with E-state index >= 15 is 0 Å². The van der Waals surface area contributed by atoms with Crippen molar-refractivity contribution in [2.75, 3.05) is 0 Å². The molecule has 1 atom stereocenters. The standard InChI is InChI=1S/C13H25BO2/c1-5-6-7-8-9-10-14-15-12(2)11-13(3,4)16-14/h9-10,12H,5-8,11H2,1-4H3/b10-9+. The molecule has 92 valence electrons. The summed E-state index contributed by atoms with van der Waals surface area (Å²) in [4.78, 5) is 0. The Kier molecular flexibility index (Phi) is 5.57. The molecule has 0 bridgehead atoms. The van der Waals surface area contributed by atoms with Crippen LogP contribution in [0.4, 0.5) is 0 Å². The summed E-state index contributed by atoms with van der Waals surface area (Å²) in [6.07, 6.45) is 8.41. The van der Waals surface area contributed by atoms with Crippen molar-refractivity contribution in [1.82, 2.24) is 0 Å². The molecule has 2 nitrogen and oxygen atoms in total. The van der Waals surface area contributed by atoms with E-state index in [9.17, 15) is 0 Å². The van der Waals surface area contributed by atoms with Crippen molar-refractivity contribution in [2.45, 2.75) is 71.5 Å². The van der Waals surface area contributed by atoms with Crippen LogP contribution in [0.1, 0.15) is 59.8 Å². The normalized spacial score (nSPS) is 25.2. The molecular weight excluding hydrogens is 199 g/mol. The van der Waals surface area contributed by atoms with E-state index in [0.29, 0.717) is 0 Å². The van der Waals surface area contributed by atoms with Gasteiger partial charge in [-0.15, -0.1) is 0 Å². The molecule has 1 aliphatic heterocycles. The minimum absolute atomic E-state index is 0.0594. The van der Waals surface area contributed by atoms with Gasteiger partial charge in [-0.25, -0.2) is 0 Å². The Morgan fingerprint density at radius 3 is 2.75 bits per heavy atom. The van der Waals surface area contributed by atoms with Gasteiger partial charge in [-0.1, -0.05) is 31.8 Å². The summed E-state index contributed by atoms with van der Waals surface area (Å²) in [6.45, 7) is 8.59. The quantitative estimate of drug-likeness (QED) is 0.523. The lowest BCUT2D eigenvalue weighted by Crippen LogP contribution is -2.45. The second-order valence-corrected chi connectivity index (χ2v) is 5.32. The third-order valence-corrected chi connectivity index (χ3v) is 2.85. The monoisotopic (exact) mass is 224 g/mol. The summed E-state index contributed by atoms with van der Waals surface area (Å²) in [7, 11) is -0.152. The summed E-state index contributed by atoms with van der Waals surface area (Å²) in [5, 5.41) is 0. The Morgan fingerprint density at radius 2 is 2.12 bits per heavy atom. The highest BCUT2D eigenvalue weighted by atomic mass is 16.6. The predicted molar refractivity (Wildman–Crippen MR) is 69.4 cm³/mol. The van der Waals surface area contributed by atoms with Crippen LogP contribution in [0.15, 0.2) is 12.1 Å². The number of unbranched alkanes of at least 4 members (excludes halogenated alkanes) is 3. The van der Waals surface area contributed by atoms with Crippen molar-refractivity contribution in [3.63, 3.8) is 0 Å². The fraction of sp³-hybridized carbons (Fsp3) is 0.846. The van der Waals surface area contributed by atoms with E-state index in [1.165, 1.54) is 19.3 Å². The van der Waals surface area contributed by atoms with Gasteiger partial charge in [-0.3, -0.25) is 0 Å². The second-order valence-electron chi connectivity index (χ2n) is 5.32. The molecule has 0 aliphatic carbocycles. The highest BCUT2D eigenvalue weighted by molar-refractivity contribution is 6.51. The van der Waals surface area contributed by atoms with Crippen molar-refractivity contribution in [3.8, 4) is 0 Å². The summed E-state index contributed by atoms with van der Waals surface area (Å²) >= 11 is 0. The lowest BCUT2D eigenvalue weighted by Gasteiger charge is -2.37. The Morgan fingerprint density at radius 1 is 1.38 bits per heavy atom. The van der Waals surface area contributed by atoms with E-state index < -0.39 is 0 Å². The summed E-state index contributed by atoms with van der Waals surface area (Å²) < 4.78 is 11.6. The van der Waals surface area contributed by atoms with E-state index in [-0.39, 0.29) is 18.8 Å². The third-order valence-electron chi connectivity index (χ3n) is 2.85. The molecule has 0 amide bonds. The van der Waals surface area contributed by atoms with Gasteiger partial charge < -0.3 is 9.31 Å². The van der Waals surface area contributed by atoms with Gasteiger partial charge in [0.05, 0.1) is 5.60 Å². The molecule has 0 aromatic carbocycles. The van der Waals surface area contributed by atoms with Crippen LogP contribution in [0.25, 0.3) is 0 Å². The van der Waals surface area contributed by atoms with Crippen LogP contribution in [-0.4, -0.2) is 18.8 Å². The molecule has 0 aromatic heterocycles. The van der Waals surface area contributed by atoms with Crippen molar-refractivity contribution >= 4 is 7.12 Å². The molecule has 1 unspecified atom stereocenters. The Bertz CT molecular complexity index is 226. The maximum absolute atomic E-state index is 5.84. The first-order chi connectivity index (χ1) is 7.53. The molecule has 3 heteroatoms. The molecule has 0 spiro atoms. The van der Waals surface area contributed by atoms with Gasteiger partial charge in [0.1, 0.15) is 0 Å². The zero-order chi connectivity index (χ0) is 12.0. The molecular formula is C13H25BO2. The zero-order valence-corrected chi connectivity index (χ0v) is 11.2. The number of hydrogen-bond donors (Lipinski definition) is 0. The number of rotatable bonds is 5. The van der Waals surface area contributed by atoms with E-state index in [1.807, 2.05) is 0 Å². The van der Waals surface area contributed by atoms with Gasteiger partial charge in [0, 0.05) is 6.10 Å². The molecule has 0 aromatic rings. The van der Waals surface area contributed by atoms with Crippen molar-refractivity contribution < 1.29 is 9.31 Å². The van der Waals surface area contributed by atoms with Gasteiger partial charge in [0.2, 0.25) is 0 Å². The van der Waals surface area contributed by atoms with Crippen LogP contribution in [0.5, 0.6) is 0 Å². The first-order valence-electron chi connectivity index (χ1n) is 6.53. The number of allylic oxidation sites excluding steroid dienone is 1. The minimum atomic E-state index is -0.152. The Balaban J connectivity index is 2.30. The fourth-order valence-corrected chi connectivity index (χ4v) is 2.16. The highest BCUT2D eigenvalue weighted by Crippen LogP contribution is 2.26. The Labute approximate surface area is 101 Å². The topological polar surface area (TPSA) is 18.5 Å². The van der Waals surface area contributed by atoms with Gasteiger partial charge in [0.25, 0.3) is 0 Å². The summed E-state index contributed by atoms with van der Waals surface area (Å²) in [6, 6.07) is 0. The first kappa shape index (κ1) is 13.8. The van der Waals surface area contributed by atoms with Crippen LogP contribution in [0.2, 0.25) is 0 Å². The minimum Gasteiger partial charge on any atom is -0.405 e. The maximum Gasteiger partial charge on any atom is 0.486 e. The van der Waals surface area contributed by atoms with E-state index in [4.69, 9.17) is 9.31 Å². The van der Waals surface area contributed by atoms with Crippen LogP contribution in [-0.2, 0) is 9.31 Å². The molecule has 16 heavy (non-hydrogen) atoms. The SMILES string of the molecule is CCCCC/C=C/B1OC(C)CC(C)(C)O1. The fourth-order valence-electron chi connectivity index (χ4n) is 2.16. The lowest BCUT2D eigenvalue weighted by molar-refractivity contribution is -0.0236. The van der Waals surface area contributed by atoms with Crippen LogP contribution in [0.3, 0.4) is 0 Å². The van der Waals surface area contributed by atoms with Crippen molar-refractivity contribution in [2.24, 2.45) is 0 Å². The molecule has 1 saturated heterocycles. The van der Waals surface area contributed by atoms with Gasteiger partial charge in [0.15, 0.2) is 0 Å². The largest absolute Gasteiger partial charge is 0.486 e. The average Bonchev–Trinajstić information content (AvgIpc) is 2.14. The highest BCUT2D eigenvalue weighted by Gasteiger charge is 2.35. The summed E-state index contributed by atoms with van der Waals surface area (Å²) in [5.41, 5.74) is -0.0594. The molecule has 1 fully saturated rings. The van der Waals surface area contributed by atoms with E-state index in [0.717, 1.165) is 12.8 Å². The van der Waals surface area contributed by atoms with Gasteiger partial charge >= 0.3 is 7.12 Å². The predicted octanol–water partition coefficient (Wildman–Crippen LogP) is 3.75. The summed E-state index contributed by atoms with van der Waals surface area (Å²) in [5.74, 6) is 2.06. The molecule has 1 heterocycles. The molecule has 1 aliphatic rings. The van der Waals surface area contributed by atoms with Crippen LogP contribution < -0.4 is 0 Å². The molecule has 0 saturated carbocycles. The lowest BCUT2D eigenvalue weighted by atomic mass is 9.82. The first-order valence-corrected chi connectivity index (χ1v) is 6.53. The zero-order valence-electron chi connectivity index (χ0n) is 11.2. The molecule has 0 radical (unpaired) electrons. The van der Waals surface area contributed by atoms with Gasteiger partial charge in [-0.05, 0) is 40.0 Å². The van der Waals surface area contributed by atoms with E-state index in [1.54, 1.807) is 0 Å². The van der Waals surface area contributed by atoms with E-state index in [2.05, 4.69) is 39.7 Å². The van der Waals surface area contributed by atoms with Crippen LogP contribution >= 0.6 is 0 Å². The number of hydrogen-bond acceptors (Lipinski definition) is 2. The van der Waals surface area contributed by atoms with Gasteiger partial charge in [-0.2, -0.15) is 0 Å². The average molecular weight is 224 g/mol. The molecule has 0 N–H and O–H groups in total. The second kappa shape index (κ2) is 6.46. The molecule has 1 rings (SSSR count). The van der Waals surface area contributed by atoms with Crippen molar-refractivity contribution in [1.29, 1.82) is 0 Å². The maximum atomic E-state index is 5.84. The van der Waals surface area contributed by atoms with Crippen molar-refractivity contribution in [3.05, 3.63) is 12.1 Å². The van der Waals surface area contributed by atoms with Crippen LogP contribution in [0, 0.1) is 0 Å². The smallest absolute Gasteiger partial charge is 0.405 e. The third kappa shape index (κ3) is 5.17.